The van der Waals surface area contributed by atoms with Crippen molar-refractivity contribution in [1.82, 2.24) is 15.5 Å². The standard InChI is InChI=1S/C18H16N4O2S2/c23-16(19-11-14-7-4-10-25-14)12-26-17-9-8-15(21-22-17)20-18(24)13-5-2-1-3-6-13/h1-10H,11-12H2,(H,19,23)(H,20,21,24). The molecule has 0 aliphatic rings. The first-order valence-electron chi connectivity index (χ1n) is 7.83. The Morgan fingerprint density at radius 3 is 2.54 bits per heavy atom. The zero-order valence-corrected chi connectivity index (χ0v) is 15.3. The second-order valence-corrected chi connectivity index (χ2v) is 7.25. The molecule has 0 unspecified atom stereocenters. The number of rotatable bonds is 7. The minimum Gasteiger partial charge on any atom is -0.350 e. The van der Waals surface area contributed by atoms with Gasteiger partial charge in [-0.2, -0.15) is 0 Å². The number of amides is 2. The van der Waals surface area contributed by atoms with Gasteiger partial charge in [-0.25, -0.2) is 0 Å². The molecule has 0 saturated carbocycles. The summed E-state index contributed by atoms with van der Waals surface area (Å²) in [5, 5.41) is 16.1. The third-order valence-corrected chi connectivity index (χ3v) is 5.11. The van der Waals surface area contributed by atoms with E-state index in [0.717, 1.165) is 4.88 Å². The summed E-state index contributed by atoms with van der Waals surface area (Å²) in [5.74, 6) is 0.320. The number of thiophene rings is 1. The molecule has 3 rings (SSSR count). The lowest BCUT2D eigenvalue weighted by Crippen LogP contribution is -2.24. The summed E-state index contributed by atoms with van der Waals surface area (Å²) in [6.45, 7) is 0.535. The number of aromatic nitrogens is 2. The van der Waals surface area contributed by atoms with E-state index < -0.39 is 0 Å². The fourth-order valence-electron chi connectivity index (χ4n) is 2.03. The van der Waals surface area contributed by atoms with Crippen LogP contribution in [-0.4, -0.2) is 27.8 Å². The number of hydrogen-bond donors (Lipinski definition) is 2. The predicted octanol–water partition coefficient (Wildman–Crippen LogP) is 3.20. The van der Waals surface area contributed by atoms with Crippen molar-refractivity contribution < 1.29 is 9.59 Å². The molecule has 0 saturated heterocycles. The van der Waals surface area contributed by atoms with Gasteiger partial charge in [-0.15, -0.1) is 21.5 Å². The highest BCUT2D eigenvalue weighted by Crippen LogP contribution is 2.16. The van der Waals surface area contributed by atoms with Crippen LogP contribution in [0.2, 0.25) is 0 Å². The minimum absolute atomic E-state index is 0.0633. The maximum absolute atomic E-state index is 12.0. The zero-order chi connectivity index (χ0) is 18.2. The van der Waals surface area contributed by atoms with Crippen LogP contribution in [0.5, 0.6) is 0 Å². The van der Waals surface area contributed by atoms with E-state index in [4.69, 9.17) is 0 Å². The maximum Gasteiger partial charge on any atom is 0.256 e. The Labute approximate surface area is 159 Å². The number of hydrogen-bond acceptors (Lipinski definition) is 6. The molecule has 8 heteroatoms. The second kappa shape index (κ2) is 9.12. The number of nitrogens with one attached hydrogen (secondary N) is 2. The van der Waals surface area contributed by atoms with Gasteiger partial charge in [-0.05, 0) is 35.7 Å². The highest BCUT2D eigenvalue weighted by molar-refractivity contribution is 7.99. The molecule has 26 heavy (non-hydrogen) atoms. The van der Waals surface area contributed by atoms with Crippen LogP contribution >= 0.6 is 23.1 Å². The van der Waals surface area contributed by atoms with Crippen LogP contribution in [0.25, 0.3) is 0 Å². The van der Waals surface area contributed by atoms with E-state index in [1.807, 2.05) is 23.6 Å². The molecule has 1 aromatic carbocycles. The van der Waals surface area contributed by atoms with E-state index in [9.17, 15) is 9.59 Å². The molecule has 2 heterocycles. The molecular weight excluding hydrogens is 368 g/mol. The van der Waals surface area contributed by atoms with Gasteiger partial charge in [0.1, 0.15) is 5.03 Å². The van der Waals surface area contributed by atoms with Crippen LogP contribution in [0.1, 0.15) is 15.2 Å². The van der Waals surface area contributed by atoms with E-state index in [1.165, 1.54) is 11.8 Å². The van der Waals surface area contributed by atoms with E-state index >= 15 is 0 Å². The molecule has 0 fully saturated rings. The molecule has 2 aromatic heterocycles. The largest absolute Gasteiger partial charge is 0.350 e. The van der Waals surface area contributed by atoms with Crippen LogP contribution in [0.15, 0.2) is 65.0 Å². The molecule has 3 aromatic rings. The highest BCUT2D eigenvalue weighted by Gasteiger charge is 2.08. The monoisotopic (exact) mass is 384 g/mol. The molecule has 132 valence electrons. The van der Waals surface area contributed by atoms with Gasteiger partial charge < -0.3 is 10.6 Å². The van der Waals surface area contributed by atoms with Crippen molar-refractivity contribution in [2.75, 3.05) is 11.1 Å². The molecular formula is C18H16N4O2S2. The molecule has 0 spiro atoms. The van der Waals surface area contributed by atoms with E-state index in [-0.39, 0.29) is 17.6 Å². The summed E-state index contributed by atoms with van der Waals surface area (Å²) in [7, 11) is 0. The number of anilines is 1. The van der Waals surface area contributed by atoms with Gasteiger partial charge >= 0.3 is 0 Å². The van der Waals surface area contributed by atoms with Gasteiger partial charge in [0.15, 0.2) is 5.82 Å². The Morgan fingerprint density at radius 2 is 1.85 bits per heavy atom. The number of thioether (sulfide) groups is 1. The predicted molar refractivity (Wildman–Crippen MR) is 103 cm³/mol. The van der Waals surface area contributed by atoms with E-state index in [2.05, 4.69) is 20.8 Å². The Balaban J connectivity index is 1.45. The van der Waals surface area contributed by atoms with Crippen LogP contribution in [0.4, 0.5) is 5.82 Å². The summed E-state index contributed by atoms with van der Waals surface area (Å²) in [6, 6.07) is 16.2. The molecule has 0 aliphatic heterocycles. The van der Waals surface area contributed by atoms with Gasteiger partial charge in [-0.1, -0.05) is 36.0 Å². The summed E-state index contributed by atoms with van der Waals surface area (Å²) in [4.78, 5) is 25.0. The summed E-state index contributed by atoms with van der Waals surface area (Å²) >= 11 is 2.90. The van der Waals surface area contributed by atoms with Crippen molar-refractivity contribution in [1.29, 1.82) is 0 Å². The van der Waals surface area contributed by atoms with Crippen molar-refractivity contribution in [2.24, 2.45) is 0 Å². The normalized spacial score (nSPS) is 10.3. The number of carbonyl (C=O) groups is 2. The quantitative estimate of drug-likeness (QED) is 0.611. The third-order valence-electron chi connectivity index (χ3n) is 3.31. The molecule has 2 N–H and O–H groups in total. The Bertz CT molecular complexity index is 853. The molecule has 6 nitrogen and oxygen atoms in total. The van der Waals surface area contributed by atoms with Gasteiger partial charge in [0.2, 0.25) is 5.91 Å². The van der Waals surface area contributed by atoms with Gasteiger partial charge in [0.05, 0.1) is 12.3 Å². The van der Waals surface area contributed by atoms with Crippen LogP contribution in [-0.2, 0) is 11.3 Å². The highest BCUT2D eigenvalue weighted by atomic mass is 32.2. The van der Waals surface area contributed by atoms with Crippen molar-refractivity contribution in [3.05, 3.63) is 70.4 Å². The summed E-state index contributed by atoms with van der Waals surface area (Å²) in [6.07, 6.45) is 0. The van der Waals surface area contributed by atoms with Gasteiger partial charge in [-0.3, -0.25) is 9.59 Å². The molecule has 0 bridgehead atoms. The van der Waals surface area contributed by atoms with Crippen molar-refractivity contribution >= 4 is 40.7 Å². The first kappa shape index (κ1) is 18.1. The second-order valence-electron chi connectivity index (χ2n) is 5.22. The fraction of sp³-hybridized carbons (Fsp3) is 0.111. The lowest BCUT2D eigenvalue weighted by molar-refractivity contribution is -0.118. The van der Waals surface area contributed by atoms with Gasteiger partial charge in [0.25, 0.3) is 5.91 Å². The lowest BCUT2D eigenvalue weighted by atomic mass is 10.2. The third kappa shape index (κ3) is 5.40. The minimum atomic E-state index is -0.242. The molecule has 2 amide bonds. The average Bonchev–Trinajstić information content (AvgIpc) is 3.20. The average molecular weight is 384 g/mol. The maximum atomic E-state index is 12.0. The number of nitrogens with zero attached hydrogens (tertiary/aromatic N) is 2. The first-order chi connectivity index (χ1) is 12.7. The van der Waals surface area contributed by atoms with Crippen LogP contribution < -0.4 is 10.6 Å². The molecule has 0 atom stereocenters. The first-order valence-corrected chi connectivity index (χ1v) is 9.69. The smallest absolute Gasteiger partial charge is 0.256 e. The Hall–Kier alpha value is -2.71. The van der Waals surface area contributed by atoms with Crippen LogP contribution in [0.3, 0.4) is 0 Å². The van der Waals surface area contributed by atoms with E-state index in [0.29, 0.717) is 23.0 Å². The van der Waals surface area contributed by atoms with E-state index in [1.54, 1.807) is 47.7 Å². The van der Waals surface area contributed by atoms with Crippen molar-refractivity contribution in [3.63, 3.8) is 0 Å². The fourth-order valence-corrected chi connectivity index (χ4v) is 3.32. The lowest BCUT2D eigenvalue weighted by Gasteiger charge is -2.05. The van der Waals surface area contributed by atoms with Crippen molar-refractivity contribution in [3.8, 4) is 0 Å². The van der Waals surface area contributed by atoms with Crippen molar-refractivity contribution in [2.45, 2.75) is 11.6 Å². The SMILES string of the molecule is O=C(CSc1ccc(NC(=O)c2ccccc2)nn1)NCc1cccs1. The number of benzene rings is 1. The summed E-state index contributed by atoms with van der Waals surface area (Å²) < 4.78 is 0. The topological polar surface area (TPSA) is 84.0 Å². The zero-order valence-electron chi connectivity index (χ0n) is 13.7. The molecule has 0 radical (unpaired) electrons. The van der Waals surface area contributed by atoms with Crippen LogP contribution in [0, 0.1) is 0 Å². The molecule has 0 aliphatic carbocycles. The summed E-state index contributed by atoms with van der Waals surface area (Å²) in [5.41, 5.74) is 0.551. The van der Waals surface area contributed by atoms with Gasteiger partial charge in [0, 0.05) is 10.4 Å². The number of carbonyl (C=O) groups excluding carboxylic acids is 2. The Kier molecular flexibility index (Phi) is 6.34. The Morgan fingerprint density at radius 1 is 1.00 bits per heavy atom.